The van der Waals surface area contributed by atoms with Crippen LogP contribution in [0.15, 0.2) is 30.6 Å². The lowest BCUT2D eigenvalue weighted by Crippen LogP contribution is -2.31. The van der Waals surface area contributed by atoms with Crippen molar-refractivity contribution < 1.29 is 31.4 Å². The second kappa shape index (κ2) is 6.97. The molecule has 0 bridgehead atoms. The Balaban J connectivity index is 1.97. The van der Waals surface area contributed by atoms with Crippen molar-refractivity contribution in [2.45, 2.75) is 32.0 Å². The summed E-state index contributed by atoms with van der Waals surface area (Å²) in [4.78, 5) is 3.63. The van der Waals surface area contributed by atoms with Gasteiger partial charge in [-0.2, -0.15) is 13.2 Å². The number of methoxy groups -OCH3 is 1. The quantitative estimate of drug-likeness (QED) is 0.603. The van der Waals surface area contributed by atoms with Crippen molar-refractivity contribution in [3.8, 4) is 17.0 Å². The summed E-state index contributed by atoms with van der Waals surface area (Å²) in [7, 11) is 1.17. The molecule has 0 aromatic carbocycles. The van der Waals surface area contributed by atoms with E-state index in [0.717, 1.165) is 26.1 Å². The molecule has 0 saturated carbocycles. The lowest BCUT2D eigenvalue weighted by molar-refractivity contribution is -0.190. The van der Waals surface area contributed by atoms with Crippen LogP contribution in [0.5, 0.6) is 5.88 Å². The van der Waals surface area contributed by atoms with Crippen molar-refractivity contribution in [1.82, 2.24) is 19.6 Å². The van der Waals surface area contributed by atoms with E-state index in [1.165, 1.54) is 23.8 Å². The maximum atomic E-state index is 14.5. The standard InChI is InChI=1S/C17H15F5N4O2/c1-9(17(20,21)22)28-14-12(18)6-11(7-23-14)10-4-5-13-24-25-15(26(13)8-10)16(2,19)27-3/h4-9H,1-3H3/t9-,16?/m1/s1. The van der Waals surface area contributed by atoms with Crippen molar-refractivity contribution >= 4 is 5.65 Å². The predicted molar refractivity (Wildman–Crippen MR) is 87.8 cm³/mol. The molecule has 3 aromatic rings. The van der Waals surface area contributed by atoms with Gasteiger partial charge in [-0.15, -0.1) is 10.2 Å². The first-order valence-corrected chi connectivity index (χ1v) is 8.01. The third-order valence-corrected chi connectivity index (χ3v) is 4.08. The highest BCUT2D eigenvalue weighted by atomic mass is 19.4. The summed E-state index contributed by atoms with van der Waals surface area (Å²) in [5.74, 6) is -4.17. The average molecular weight is 402 g/mol. The maximum absolute atomic E-state index is 14.5. The zero-order valence-corrected chi connectivity index (χ0v) is 15.0. The molecule has 0 fully saturated rings. The molecular weight excluding hydrogens is 387 g/mol. The van der Waals surface area contributed by atoms with Gasteiger partial charge in [-0.3, -0.25) is 4.40 Å². The summed E-state index contributed by atoms with van der Waals surface area (Å²) in [5, 5.41) is 7.59. The van der Waals surface area contributed by atoms with Gasteiger partial charge in [0.2, 0.25) is 5.82 Å². The van der Waals surface area contributed by atoms with Gasteiger partial charge >= 0.3 is 6.18 Å². The van der Waals surface area contributed by atoms with Crippen LogP contribution in [0.2, 0.25) is 0 Å². The van der Waals surface area contributed by atoms with Crippen LogP contribution in [0.4, 0.5) is 22.0 Å². The summed E-state index contributed by atoms with van der Waals surface area (Å²) < 4.78 is 77.0. The molecule has 6 nitrogen and oxygen atoms in total. The smallest absolute Gasteiger partial charge is 0.425 e. The zero-order chi connectivity index (χ0) is 20.7. The SMILES string of the molecule is COC(C)(F)c1nnc2ccc(-c3cnc(O[C@H](C)C(F)(F)F)c(F)c3)cn12. The van der Waals surface area contributed by atoms with Crippen LogP contribution in [0.25, 0.3) is 16.8 Å². The molecule has 0 saturated heterocycles. The summed E-state index contributed by atoms with van der Waals surface area (Å²) in [6.07, 6.45) is -4.27. The van der Waals surface area contributed by atoms with Gasteiger partial charge in [-0.05, 0) is 25.1 Å². The van der Waals surface area contributed by atoms with Gasteiger partial charge in [0.25, 0.3) is 11.7 Å². The monoisotopic (exact) mass is 402 g/mol. The minimum Gasteiger partial charge on any atom is -0.463 e. The number of alkyl halides is 4. The Morgan fingerprint density at radius 2 is 1.82 bits per heavy atom. The number of ether oxygens (including phenoxy) is 2. The van der Waals surface area contributed by atoms with Crippen LogP contribution in [0.1, 0.15) is 19.7 Å². The fourth-order valence-electron chi connectivity index (χ4n) is 2.36. The van der Waals surface area contributed by atoms with Crippen LogP contribution in [-0.2, 0) is 10.6 Å². The van der Waals surface area contributed by atoms with E-state index in [-0.39, 0.29) is 11.4 Å². The van der Waals surface area contributed by atoms with Crippen LogP contribution in [-0.4, -0.2) is 39.0 Å². The summed E-state index contributed by atoms with van der Waals surface area (Å²) in [5.41, 5.74) is 0.971. The van der Waals surface area contributed by atoms with Crippen molar-refractivity contribution in [3.05, 3.63) is 42.2 Å². The minimum absolute atomic E-state index is 0.126. The Kier molecular flexibility index (Phi) is 4.96. The summed E-state index contributed by atoms with van der Waals surface area (Å²) in [6.45, 7) is 1.91. The molecule has 150 valence electrons. The number of aromatic nitrogens is 4. The van der Waals surface area contributed by atoms with Gasteiger partial charge in [0.05, 0.1) is 0 Å². The molecule has 28 heavy (non-hydrogen) atoms. The lowest BCUT2D eigenvalue weighted by Gasteiger charge is -2.17. The zero-order valence-electron chi connectivity index (χ0n) is 15.0. The largest absolute Gasteiger partial charge is 0.463 e. The molecule has 11 heteroatoms. The third kappa shape index (κ3) is 3.75. The average Bonchev–Trinajstić information content (AvgIpc) is 3.06. The molecule has 0 amide bonds. The molecule has 0 N–H and O–H groups in total. The number of hydrogen-bond donors (Lipinski definition) is 0. The molecule has 1 unspecified atom stereocenters. The molecular formula is C17H15F5N4O2. The predicted octanol–water partition coefficient (Wildman–Crippen LogP) is 4.05. The van der Waals surface area contributed by atoms with Gasteiger partial charge in [-0.1, -0.05) is 0 Å². The summed E-state index contributed by atoms with van der Waals surface area (Å²) >= 11 is 0. The van der Waals surface area contributed by atoms with E-state index in [9.17, 15) is 22.0 Å². The Hall–Kier alpha value is -2.82. The minimum atomic E-state index is -4.65. The fraction of sp³-hybridized carbons (Fsp3) is 0.353. The van der Waals surface area contributed by atoms with E-state index in [1.807, 2.05) is 0 Å². The molecule has 0 aliphatic rings. The maximum Gasteiger partial charge on any atom is 0.425 e. The Morgan fingerprint density at radius 3 is 2.43 bits per heavy atom. The van der Waals surface area contributed by atoms with Crippen molar-refractivity contribution in [3.63, 3.8) is 0 Å². The van der Waals surface area contributed by atoms with Gasteiger partial charge in [-0.25, -0.2) is 13.8 Å². The van der Waals surface area contributed by atoms with Gasteiger partial charge < -0.3 is 9.47 Å². The number of fused-ring (bicyclic) bond motifs is 1. The molecule has 0 radical (unpaired) electrons. The second-order valence-corrected chi connectivity index (χ2v) is 6.10. The molecule has 0 aliphatic heterocycles. The van der Waals surface area contributed by atoms with Crippen LogP contribution in [0, 0.1) is 5.82 Å². The highest BCUT2D eigenvalue weighted by Gasteiger charge is 2.38. The van der Waals surface area contributed by atoms with E-state index in [1.54, 1.807) is 6.07 Å². The number of rotatable bonds is 5. The van der Waals surface area contributed by atoms with E-state index in [4.69, 9.17) is 4.74 Å². The van der Waals surface area contributed by atoms with E-state index < -0.39 is 29.8 Å². The van der Waals surface area contributed by atoms with E-state index >= 15 is 0 Å². The van der Waals surface area contributed by atoms with E-state index in [2.05, 4.69) is 19.9 Å². The van der Waals surface area contributed by atoms with Crippen molar-refractivity contribution in [2.24, 2.45) is 0 Å². The lowest BCUT2D eigenvalue weighted by atomic mass is 10.1. The number of hydrogen-bond acceptors (Lipinski definition) is 5. The normalized spacial score (nSPS) is 15.4. The second-order valence-electron chi connectivity index (χ2n) is 6.10. The Bertz CT molecular complexity index is 1000. The molecule has 0 spiro atoms. The number of nitrogens with zero attached hydrogens (tertiary/aromatic N) is 4. The highest BCUT2D eigenvalue weighted by Crippen LogP contribution is 2.29. The van der Waals surface area contributed by atoms with Crippen LogP contribution < -0.4 is 4.74 Å². The molecule has 3 rings (SSSR count). The Morgan fingerprint density at radius 1 is 1.11 bits per heavy atom. The Labute approximate surface area is 155 Å². The van der Waals surface area contributed by atoms with Crippen molar-refractivity contribution in [1.29, 1.82) is 0 Å². The molecule has 3 aromatic heterocycles. The number of pyridine rings is 2. The van der Waals surface area contributed by atoms with Gasteiger partial charge in [0, 0.05) is 37.6 Å². The third-order valence-electron chi connectivity index (χ3n) is 4.08. The fourth-order valence-corrected chi connectivity index (χ4v) is 2.36. The number of halogens is 5. The van der Waals surface area contributed by atoms with Crippen molar-refractivity contribution in [2.75, 3.05) is 7.11 Å². The first kappa shape index (κ1) is 19.9. The van der Waals surface area contributed by atoms with E-state index in [0.29, 0.717) is 11.2 Å². The highest BCUT2D eigenvalue weighted by molar-refractivity contribution is 5.64. The molecule has 2 atom stereocenters. The van der Waals surface area contributed by atoms with Gasteiger partial charge in [0.15, 0.2) is 17.6 Å². The first-order valence-electron chi connectivity index (χ1n) is 8.01. The summed E-state index contributed by atoms with van der Waals surface area (Å²) in [6, 6.07) is 4.05. The molecule has 3 heterocycles. The topological polar surface area (TPSA) is 61.5 Å². The van der Waals surface area contributed by atoms with Crippen LogP contribution in [0.3, 0.4) is 0 Å². The van der Waals surface area contributed by atoms with Crippen LogP contribution >= 0.6 is 0 Å². The van der Waals surface area contributed by atoms with Gasteiger partial charge in [0.1, 0.15) is 0 Å². The first-order chi connectivity index (χ1) is 13.0. The molecule has 0 aliphatic carbocycles.